The van der Waals surface area contributed by atoms with Gasteiger partial charge in [-0.25, -0.2) is 4.39 Å². The molecule has 2 nitrogen and oxygen atoms in total. The summed E-state index contributed by atoms with van der Waals surface area (Å²) >= 11 is 0. The van der Waals surface area contributed by atoms with Crippen LogP contribution in [0.15, 0.2) is 0 Å². The molecule has 0 saturated heterocycles. The van der Waals surface area contributed by atoms with Crippen LogP contribution in [0.25, 0.3) is 0 Å². The van der Waals surface area contributed by atoms with Crippen LogP contribution in [0.5, 0.6) is 0 Å². The Morgan fingerprint density at radius 2 is 2.00 bits per heavy atom. The highest BCUT2D eigenvalue weighted by atomic mass is 19.1. The van der Waals surface area contributed by atoms with Gasteiger partial charge < -0.3 is 5.48 Å². The first-order chi connectivity index (χ1) is 1.91. The molecular formula is C2H4FNO. The quantitative estimate of drug-likeness (QED) is 0.390. The first-order valence-corrected chi connectivity index (χ1v) is 0.844. The minimum absolute atomic E-state index is 0. The molecule has 30 valence electrons. The minimum atomic E-state index is -0.875. The molecule has 0 bridgehead atoms. The van der Waals surface area contributed by atoms with E-state index in [0.717, 1.165) is 0 Å². The van der Waals surface area contributed by atoms with Gasteiger partial charge in [0.2, 0.25) is 0 Å². The van der Waals surface area contributed by atoms with E-state index in [9.17, 15) is 4.39 Å². The van der Waals surface area contributed by atoms with Crippen LogP contribution in [-0.2, 0) is 0 Å². The van der Waals surface area contributed by atoms with E-state index in [-0.39, 0.29) is 5.48 Å². The molecule has 0 saturated carbocycles. The number of nitrogens with zero attached hydrogens (tertiary/aromatic N) is 1. The predicted molar refractivity (Wildman–Crippen MR) is 15.2 cm³/mol. The summed E-state index contributed by atoms with van der Waals surface area (Å²) in [4.78, 5) is 0. The van der Waals surface area contributed by atoms with Crippen LogP contribution in [0, 0.1) is 11.3 Å². The van der Waals surface area contributed by atoms with Crippen LogP contribution in [0.1, 0.15) is 0 Å². The lowest BCUT2D eigenvalue weighted by Crippen LogP contribution is -1.50. The summed E-state index contributed by atoms with van der Waals surface area (Å²) in [5, 5.41) is 7.25. The Labute approximate surface area is 29.1 Å². The maximum Gasteiger partial charge on any atom is 0.176 e. The van der Waals surface area contributed by atoms with Gasteiger partial charge in [-0.2, -0.15) is 5.26 Å². The van der Waals surface area contributed by atoms with Crippen molar-refractivity contribution in [2.75, 3.05) is 6.67 Å². The van der Waals surface area contributed by atoms with E-state index in [4.69, 9.17) is 5.26 Å². The van der Waals surface area contributed by atoms with Crippen molar-refractivity contribution in [1.29, 1.82) is 5.26 Å². The topological polar surface area (TPSA) is 55.3 Å². The third-order valence-corrected chi connectivity index (χ3v) is 0.0598. The van der Waals surface area contributed by atoms with E-state index < -0.39 is 6.67 Å². The molecule has 0 aromatic rings. The Kier molecular flexibility index (Phi) is 17.8. The highest BCUT2D eigenvalue weighted by Crippen LogP contribution is 1.50. The fourth-order valence-electron chi connectivity index (χ4n) is 0. The second kappa shape index (κ2) is 10.1. The highest BCUT2D eigenvalue weighted by molar-refractivity contribution is 4.63. The molecular weight excluding hydrogens is 73.0 g/mol. The fourth-order valence-corrected chi connectivity index (χ4v) is 0. The van der Waals surface area contributed by atoms with Crippen LogP contribution in [0.4, 0.5) is 4.39 Å². The zero-order chi connectivity index (χ0) is 3.41. The SMILES string of the molecule is N#CCF.O. The minimum Gasteiger partial charge on any atom is -0.412 e. The highest BCUT2D eigenvalue weighted by Gasteiger charge is 1.54. The number of halogens is 1. The summed E-state index contributed by atoms with van der Waals surface area (Å²) in [5.74, 6) is 0. The monoisotopic (exact) mass is 77.0 g/mol. The van der Waals surface area contributed by atoms with Gasteiger partial charge in [-0.05, 0) is 0 Å². The van der Waals surface area contributed by atoms with Gasteiger partial charge in [0.25, 0.3) is 0 Å². The Morgan fingerprint density at radius 1 is 1.80 bits per heavy atom. The van der Waals surface area contributed by atoms with E-state index in [1.165, 1.54) is 6.07 Å². The van der Waals surface area contributed by atoms with Gasteiger partial charge in [0.15, 0.2) is 6.67 Å². The molecule has 0 aromatic heterocycles. The lowest BCUT2D eigenvalue weighted by molar-refractivity contribution is 0.569. The van der Waals surface area contributed by atoms with Crippen molar-refractivity contribution >= 4 is 0 Å². The van der Waals surface area contributed by atoms with Crippen molar-refractivity contribution in [2.45, 2.75) is 0 Å². The average molecular weight is 77.1 g/mol. The average Bonchev–Trinajstić information content (AvgIpc) is 1.37. The zero-order valence-electron chi connectivity index (χ0n) is 2.53. The van der Waals surface area contributed by atoms with Crippen LogP contribution in [0.2, 0.25) is 0 Å². The Hall–Kier alpha value is -0.620. The van der Waals surface area contributed by atoms with Gasteiger partial charge in [0, 0.05) is 0 Å². The molecule has 0 unspecified atom stereocenters. The Morgan fingerprint density at radius 3 is 2.00 bits per heavy atom. The molecule has 0 aliphatic rings. The van der Waals surface area contributed by atoms with E-state index in [0.29, 0.717) is 0 Å². The molecule has 0 fully saturated rings. The van der Waals surface area contributed by atoms with E-state index >= 15 is 0 Å². The standard InChI is InChI=1S/C2H2FN.H2O/c3-1-2-4;/h1H2;1H2. The van der Waals surface area contributed by atoms with Gasteiger partial charge in [-0.3, -0.25) is 0 Å². The molecule has 0 amide bonds. The molecule has 0 radical (unpaired) electrons. The van der Waals surface area contributed by atoms with Gasteiger partial charge >= 0.3 is 0 Å². The van der Waals surface area contributed by atoms with Crippen molar-refractivity contribution < 1.29 is 9.87 Å². The maximum atomic E-state index is 10.4. The van der Waals surface area contributed by atoms with Crippen molar-refractivity contribution in [1.82, 2.24) is 0 Å². The van der Waals surface area contributed by atoms with Crippen molar-refractivity contribution in [3.05, 3.63) is 0 Å². The summed E-state index contributed by atoms with van der Waals surface area (Å²) in [6.07, 6.45) is 0. The van der Waals surface area contributed by atoms with Gasteiger partial charge in [0.05, 0.1) is 6.07 Å². The summed E-state index contributed by atoms with van der Waals surface area (Å²) in [5.41, 5.74) is 0. The third-order valence-electron chi connectivity index (χ3n) is 0.0598. The summed E-state index contributed by atoms with van der Waals surface area (Å²) in [7, 11) is 0. The molecule has 5 heavy (non-hydrogen) atoms. The molecule has 0 rings (SSSR count). The smallest absolute Gasteiger partial charge is 0.176 e. The number of rotatable bonds is 0. The summed E-state index contributed by atoms with van der Waals surface area (Å²) < 4.78 is 10.4. The summed E-state index contributed by atoms with van der Waals surface area (Å²) in [6.45, 7) is -0.875. The number of hydrogen-bond donors (Lipinski definition) is 0. The van der Waals surface area contributed by atoms with Gasteiger partial charge in [0.1, 0.15) is 0 Å². The molecule has 2 N–H and O–H groups in total. The third kappa shape index (κ3) is 44.6. The maximum absolute atomic E-state index is 10.4. The fraction of sp³-hybridized carbons (Fsp3) is 0.500. The van der Waals surface area contributed by atoms with Crippen LogP contribution >= 0.6 is 0 Å². The summed E-state index contributed by atoms with van der Waals surface area (Å²) in [6, 6.07) is 1.26. The van der Waals surface area contributed by atoms with Gasteiger partial charge in [-0.15, -0.1) is 0 Å². The lowest BCUT2D eigenvalue weighted by atomic mass is 10.9. The molecule has 0 spiro atoms. The molecule has 0 atom stereocenters. The van der Waals surface area contributed by atoms with Crippen molar-refractivity contribution in [2.24, 2.45) is 0 Å². The van der Waals surface area contributed by atoms with E-state index in [1.54, 1.807) is 0 Å². The number of nitriles is 1. The number of alkyl halides is 1. The lowest BCUT2D eigenvalue weighted by Gasteiger charge is -1.44. The molecule has 0 heterocycles. The second-order valence-corrected chi connectivity index (χ2v) is 0.292. The molecule has 0 aliphatic heterocycles. The molecule has 0 aliphatic carbocycles. The first-order valence-electron chi connectivity index (χ1n) is 0.844. The van der Waals surface area contributed by atoms with E-state index in [2.05, 4.69) is 0 Å². The van der Waals surface area contributed by atoms with Crippen molar-refractivity contribution in [3.8, 4) is 6.07 Å². The largest absolute Gasteiger partial charge is 0.412 e. The number of hydrogen-bond acceptors (Lipinski definition) is 1. The van der Waals surface area contributed by atoms with Crippen LogP contribution in [0.3, 0.4) is 0 Å². The normalized spacial score (nSPS) is 4.00. The predicted octanol–water partition coefficient (Wildman–Crippen LogP) is -0.345. The first kappa shape index (κ1) is 8.83. The Balaban J connectivity index is 0. The van der Waals surface area contributed by atoms with Crippen LogP contribution < -0.4 is 0 Å². The second-order valence-electron chi connectivity index (χ2n) is 0.292. The Bertz CT molecular complexity index is 39.4. The zero-order valence-corrected chi connectivity index (χ0v) is 2.53. The molecule has 0 aromatic carbocycles. The van der Waals surface area contributed by atoms with Crippen LogP contribution in [-0.4, -0.2) is 12.2 Å². The van der Waals surface area contributed by atoms with Gasteiger partial charge in [-0.1, -0.05) is 0 Å². The van der Waals surface area contributed by atoms with Crippen molar-refractivity contribution in [3.63, 3.8) is 0 Å². The molecule has 3 heteroatoms. The van der Waals surface area contributed by atoms with E-state index in [1.807, 2.05) is 0 Å².